The van der Waals surface area contributed by atoms with Crippen LogP contribution in [0.3, 0.4) is 0 Å². The molecule has 14 nitrogen and oxygen atoms in total. The summed E-state index contributed by atoms with van der Waals surface area (Å²) in [6.45, 7) is 10.7. The molecule has 0 spiro atoms. The van der Waals surface area contributed by atoms with Gasteiger partial charge in [0, 0.05) is 77.6 Å². The summed E-state index contributed by atoms with van der Waals surface area (Å²) in [5, 5.41) is 5.19. The van der Waals surface area contributed by atoms with Crippen LogP contribution in [0, 0.1) is 13.8 Å². The van der Waals surface area contributed by atoms with Crippen LogP contribution in [0.5, 0.6) is 0 Å². The minimum atomic E-state index is -4.62. The third-order valence-electron chi connectivity index (χ3n) is 10.5. The van der Waals surface area contributed by atoms with Crippen molar-refractivity contribution < 1.29 is 105 Å². The van der Waals surface area contributed by atoms with Crippen molar-refractivity contribution in [1.29, 1.82) is 0 Å². The first kappa shape index (κ1) is 46.6. The summed E-state index contributed by atoms with van der Waals surface area (Å²) in [5.41, 5.74) is 6.06. The SMILES string of the molecule is CC[C@H]1c2cc3[n-]c(c(CC(=O)OC)c4nc(cc5[n-]c(cc(n2)C1C)c(C(C)=O)c5C)C(C)[C@@H]4CCC(=O)NC)c(C(=O)NCCS(=O)(=O)[O-])c3C.[Cu+2].[K+]. The maximum absolute atomic E-state index is 14.0. The van der Waals surface area contributed by atoms with Crippen LogP contribution >= 0.6 is 0 Å². The Morgan fingerprint density at radius 2 is 1.49 bits per heavy atom. The average molecular weight is 849 g/mol. The van der Waals surface area contributed by atoms with E-state index in [4.69, 9.17) is 24.7 Å². The molecule has 2 N–H and O–H groups in total. The van der Waals surface area contributed by atoms with Crippen LogP contribution in [0.15, 0.2) is 18.2 Å². The number of Topliss-reactive ketones (excluding diaryl/α,β-unsaturated/α-hetero) is 1. The largest absolute Gasteiger partial charge is 2.00 e. The van der Waals surface area contributed by atoms with Crippen LogP contribution < -0.4 is 72.0 Å². The van der Waals surface area contributed by atoms with Crippen LogP contribution in [0.4, 0.5) is 0 Å². The third-order valence-corrected chi connectivity index (χ3v) is 11.2. The molecule has 293 valence electrons. The fourth-order valence-electron chi connectivity index (χ4n) is 7.47. The van der Waals surface area contributed by atoms with Gasteiger partial charge in [-0.05, 0) is 39.2 Å². The summed E-state index contributed by atoms with van der Waals surface area (Å²) in [5.74, 6) is -3.26. The van der Waals surface area contributed by atoms with Crippen LogP contribution in [0.2, 0.25) is 0 Å². The van der Waals surface area contributed by atoms with Gasteiger partial charge in [-0.3, -0.25) is 29.1 Å². The van der Waals surface area contributed by atoms with Crippen molar-refractivity contribution in [2.75, 3.05) is 26.5 Å². The molecule has 3 aromatic rings. The molecule has 0 fully saturated rings. The molecule has 4 atom stereocenters. The molecular formula is C38H45CuKN6O8S. The normalized spacial score (nSPS) is 17.8. The number of methoxy groups -OCH3 is 1. The van der Waals surface area contributed by atoms with Gasteiger partial charge in [0.05, 0.1) is 29.4 Å². The van der Waals surface area contributed by atoms with Gasteiger partial charge in [0.25, 0.3) is 0 Å². The predicted molar refractivity (Wildman–Crippen MR) is 197 cm³/mol. The molecular weight excluding hydrogens is 803 g/mol. The topological polar surface area (TPSA) is 213 Å². The number of nitrogens with zero attached hydrogens (tertiary/aromatic N) is 4. The maximum Gasteiger partial charge on any atom is 2.00 e. The molecule has 2 aliphatic rings. The summed E-state index contributed by atoms with van der Waals surface area (Å²) in [6.07, 6.45) is 0.873. The Kier molecular flexibility index (Phi) is 16.2. The van der Waals surface area contributed by atoms with Gasteiger partial charge in [0.2, 0.25) is 11.8 Å². The van der Waals surface area contributed by atoms with E-state index < -0.39 is 40.2 Å². The Morgan fingerprint density at radius 3 is 2.09 bits per heavy atom. The second-order valence-electron chi connectivity index (χ2n) is 13.8. The molecule has 0 aromatic carbocycles. The number of esters is 1. The van der Waals surface area contributed by atoms with Crippen LogP contribution in [-0.2, 0) is 47.9 Å². The standard InChI is InChI=1S/C38H48N6O8S.Cu.K/c1-9-23-18(2)26-17-31-34(22(6)45)20(4)28(42-31)15-27-19(3)24(10-11-32(46)39-7)36(43-27)25(14-33(47)52-8)37-35(38(48)40-12-13-53(49,50)51)21(5)29(44-37)16-30(23)41-26;;/h15-19,23-24H,9-14H2,1-8H3,(H5,39,40,41,42,43,44,45,46,48,49,50,51);;/q;+2;+1/p-3/t18?,19?,23-,24+;;/m1../s1. The number of rotatable bonds is 11. The fraction of sp³-hybridized carbons (Fsp3) is 0.474. The van der Waals surface area contributed by atoms with Crippen molar-refractivity contribution >= 4 is 55.8 Å². The van der Waals surface area contributed by atoms with Crippen molar-refractivity contribution in [1.82, 2.24) is 30.6 Å². The van der Waals surface area contributed by atoms with Gasteiger partial charge in [-0.2, -0.15) is 0 Å². The first-order valence-electron chi connectivity index (χ1n) is 17.7. The second kappa shape index (κ2) is 19.1. The van der Waals surface area contributed by atoms with Gasteiger partial charge in [-0.25, -0.2) is 8.42 Å². The Balaban J connectivity index is 0.00000406. The molecule has 17 heteroatoms. The van der Waals surface area contributed by atoms with Gasteiger partial charge < -0.3 is 29.9 Å². The first-order valence-corrected chi connectivity index (χ1v) is 19.2. The Morgan fingerprint density at radius 1 is 0.909 bits per heavy atom. The number of carbonyl (C=O) groups excluding carboxylic acids is 4. The summed E-state index contributed by atoms with van der Waals surface area (Å²) >= 11 is 0. The van der Waals surface area contributed by atoms with Crippen molar-refractivity contribution in [3.63, 3.8) is 0 Å². The molecule has 1 radical (unpaired) electrons. The quantitative estimate of drug-likeness (QED) is 0.120. The Labute approximate surface area is 374 Å². The Hall–Kier alpha value is -2.73. The zero-order chi connectivity index (χ0) is 38.9. The number of fused-ring (bicyclic) bond motifs is 8. The maximum atomic E-state index is 14.0. The van der Waals surface area contributed by atoms with Crippen molar-refractivity contribution in [3.8, 4) is 0 Å². The molecule has 5 rings (SSSR count). The molecule has 3 aromatic heterocycles. The van der Waals surface area contributed by atoms with Crippen LogP contribution in [0.1, 0.15) is 131 Å². The van der Waals surface area contributed by atoms with E-state index in [9.17, 15) is 32.1 Å². The molecule has 2 aliphatic heterocycles. The predicted octanol–water partition coefficient (Wildman–Crippen LogP) is 1.10. The van der Waals surface area contributed by atoms with Crippen molar-refractivity contribution in [2.24, 2.45) is 0 Å². The van der Waals surface area contributed by atoms with Gasteiger partial charge >= 0.3 is 74.4 Å². The number of nitrogens with one attached hydrogen (secondary N) is 2. The number of ether oxygens (including phenoxy) is 1. The molecule has 5 heterocycles. The van der Waals surface area contributed by atoms with E-state index in [1.165, 1.54) is 14.0 Å². The van der Waals surface area contributed by atoms with Gasteiger partial charge in [-0.15, -0.1) is 22.1 Å². The minimum absolute atomic E-state index is 0. The number of ketones is 1. The van der Waals surface area contributed by atoms with E-state index in [0.29, 0.717) is 62.3 Å². The molecule has 8 bridgehead atoms. The minimum Gasteiger partial charge on any atom is -0.748 e. The smallest absolute Gasteiger partial charge is 0.748 e. The second-order valence-corrected chi connectivity index (χ2v) is 15.3. The number of aryl methyl sites for hydroxylation is 2. The van der Waals surface area contributed by atoms with Crippen molar-refractivity contribution in [3.05, 3.63) is 68.8 Å². The first-order chi connectivity index (χ1) is 25.0. The third kappa shape index (κ3) is 10.1. The number of carbonyl (C=O) groups is 4. The van der Waals surface area contributed by atoms with E-state index in [2.05, 4.69) is 17.6 Å². The summed E-state index contributed by atoms with van der Waals surface area (Å²) < 4.78 is 39.3. The van der Waals surface area contributed by atoms with Crippen LogP contribution in [-0.4, -0.2) is 73.0 Å². The van der Waals surface area contributed by atoms with Crippen LogP contribution in [0.25, 0.3) is 22.1 Å². The number of hydrogen-bond donors (Lipinski definition) is 2. The van der Waals surface area contributed by atoms with E-state index in [1.54, 1.807) is 20.0 Å². The van der Waals surface area contributed by atoms with Crippen molar-refractivity contribution in [2.45, 2.75) is 90.9 Å². The molecule has 2 amide bonds. The molecule has 0 aliphatic carbocycles. The Bertz CT molecular complexity index is 2270. The number of amides is 2. The summed E-state index contributed by atoms with van der Waals surface area (Å²) in [4.78, 5) is 72.7. The average Bonchev–Trinajstić information content (AvgIpc) is 3.78. The van der Waals surface area contributed by atoms with Gasteiger partial charge in [0.15, 0.2) is 5.78 Å². The molecule has 55 heavy (non-hydrogen) atoms. The summed E-state index contributed by atoms with van der Waals surface area (Å²) in [6, 6.07) is 5.48. The zero-order valence-electron chi connectivity index (χ0n) is 32.5. The number of hydrogen-bond acceptors (Lipinski definition) is 10. The molecule has 2 unspecified atom stereocenters. The summed E-state index contributed by atoms with van der Waals surface area (Å²) in [7, 11) is -1.83. The zero-order valence-corrected chi connectivity index (χ0v) is 37.4. The van der Waals surface area contributed by atoms with Gasteiger partial charge in [0.1, 0.15) is 0 Å². The monoisotopic (exact) mass is 847 g/mol. The van der Waals surface area contributed by atoms with E-state index >= 15 is 0 Å². The van der Waals surface area contributed by atoms with E-state index in [-0.39, 0.29) is 122 Å². The van der Waals surface area contributed by atoms with E-state index in [1.807, 2.05) is 32.9 Å². The molecule has 0 saturated carbocycles. The fourth-order valence-corrected chi connectivity index (χ4v) is 7.83. The molecule has 0 saturated heterocycles. The van der Waals surface area contributed by atoms with E-state index in [0.717, 1.165) is 12.1 Å². The van der Waals surface area contributed by atoms with Gasteiger partial charge in [-0.1, -0.05) is 50.1 Å². The number of aromatic nitrogens is 4.